The van der Waals surface area contributed by atoms with Crippen LogP contribution in [0, 0.1) is 0 Å². The van der Waals surface area contributed by atoms with Gasteiger partial charge in [0, 0.05) is 36.4 Å². The van der Waals surface area contributed by atoms with Crippen LogP contribution in [0.4, 0.5) is 0 Å². The highest BCUT2D eigenvalue weighted by Gasteiger charge is 2.13. The van der Waals surface area contributed by atoms with E-state index in [1.54, 1.807) is 22.7 Å². The number of carbonyl (C=O) groups is 1. The van der Waals surface area contributed by atoms with E-state index in [4.69, 9.17) is 4.74 Å². The summed E-state index contributed by atoms with van der Waals surface area (Å²) in [5, 5.41) is 6.17. The summed E-state index contributed by atoms with van der Waals surface area (Å²) < 4.78 is 4.77. The molecule has 4 nitrogen and oxygen atoms in total. The Labute approximate surface area is 139 Å². The van der Waals surface area contributed by atoms with E-state index >= 15 is 0 Å². The lowest BCUT2D eigenvalue weighted by molar-refractivity contribution is 0.0601. The topological polar surface area (TPSA) is 32.8 Å². The van der Waals surface area contributed by atoms with Crippen LogP contribution in [0.5, 0.6) is 0 Å². The Bertz CT molecular complexity index is 579. The molecule has 0 saturated heterocycles. The molecule has 0 spiro atoms. The third-order valence-electron chi connectivity index (χ3n) is 3.30. The van der Waals surface area contributed by atoms with Gasteiger partial charge in [-0.3, -0.25) is 4.90 Å². The van der Waals surface area contributed by atoms with Crippen LogP contribution in [-0.4, -0.2) is 50.1 Å². The number of ether oxygens (including phenoxy) is 1. The Kier molecular flexibility index (Phi) is 6.57. The first-order valence-corrected chi connectivity index (χ1v) is 8.94. The maximum absolute atomic E-state index is 11.5. The molecule has 0 aliphatic heterocycles. The van der Waals surface area contributed by atoms with Gasteiger partial charge in [-0.05, 0) is 42.6 Å². The first kappa shape index (κ1) is 17.1. The van der Waals surface area contributed by atoms with Crippen molar-refractivity contribution < 1.29 is 9.53 Å². The summed E-state index contributed by atoms with van der Waals surface area (Å²) in [6.45, 7) is 3.79. The van der Waals surface area contributed by atoms with Crippen LogP contribution in [0.25, 0.3) is 0 Å². The van der Waals surface area contributed by atoms with Crippen molar-refractivity contribution in [3.05, 3.63) is 44.3 Å². The van der Waals surface area contributed by atoms with Crippen molar-refractivity contribution in [2.45, 2.75) is 13.1 Å². The molecule has 6 heteroatoms. The van der Waals surface area contributed by atoms with E-state index in [1.165, 1.54) is 17.6 Å². The molecule has 0 bridgehead atoms. The Morgan fingerprint density at radius 3 is 2.68 bits per heavy atom. The predicted molar refractivity (Wildman–Crippen MR) is 92.6 cm³/mol. The van der Waals surface area contributed by atoms with Crippen LogP contribution in [0.3, 0.4) is 0 Å². The second-order valence-electron chi connectivity index (χ2n) is 5.44. The minimum Gasteiger partial charge on any atom is -0.465 e. The fourth-order valence-electron chi connectivity index (χ4n) is 2.11. The summed E-state index contributed by atoms with van der Waals surface area (Å²) in [6, 6.07) is 4.11. The number of methoxy groups -OCH3 is 1. The third kappa shape index (κ3) is 5.21. The number of rotatable bonds is 8. The zero-order chi connectivity index (χ0) is 15.9. The van der Waals surface area contributed by atoms with Crippen LogP contribution in [0.2, 0.25) is 0 Å². The minimum absolute atomic E-state index is 0.264. The van der Waals surface area contributed by atoms with Crippen molar-refractivity contribution in [2.75, 3.05) is 34.3 Å². The molecular weight excluding hydrogens is 316 g/mol. The number of nitrogens with zero attached hydrogens (tertiary/aromatic N) is 2. The van der Waals surface area contributed by atoms with E-state index in [0.29, 0.717) is 5.56 Å². The summed E-state index contributed by atoms with van der Waals surface area (Å²) in [4.78, 5) is 17.3. The number of thiophene rings is 2. The quantitative estimate of drug-likeness (QED) is 0.692. The minimum atomic E-state index is -0.264. The molecular formula is C16H22N2O2S2. The SMILES string of the molecule is COC(=O)c1csc(CN(CCN(C)C)Cc2ccsc2)c1. The fraction of sp³-hybridized carbons (Fsp3) is 0.438. The number of hydrogen-bond donors (Lipinski definition) is 0. The molecule has 120 valence electrons. The lowest BCUT2D eigenvalue weighted by Gasteiger charge is -2.23. The van der Waals surface area contributed by atoms with Crippen molar-refractivity contribution in [1.82, 2.24) is 9.80 Å². The second kappa shape index (κ2) is 8.43. The molecule has 2 aromatic heterocycles. The Morgan fingerprint density at radius 2 is 2.05 bits per heavy atom. The zero-order valence-corrected chi connectivity index (χ0v) is 14.9. The van der Waals surface area contributed by atoms with Crippen LogP contribution < -0.4 is 0 Å². The van der Waals surface area contributed by atoms with E-state index in [9.17, 15) is 4.79 Å². The van der Waals surface area contributed by atoms with Gasteiger partial charge in [-0.15, -0.1) is 11.3 Å². The largest absolute Gasteiger partial charge is 0.465 e. The van der Waals surface area contributed by atoms with Gasteiger partial charge in [-0.25, -0.2) is 4.79 Å². The first-order chi connectivity index (χ1) is 10.6. The van der Waals surface area contributed by atoms with Crippen LogP contribution in [0.15, 0.2) is 28.3 Å². The lowest BCUT2D eigenvalue weighted by atomic mass is 10.2. The van der Waals surface area contributed by atoms with E-state index < -0.39 is 0 Å². The molecule has 0 radical (unpaired) electrons. The van der Waals surface area contributed by atoms with E-state index in [0.717, 1.165) is 26.2 Å². The monoisotopic (exact) mass is 338 g/mol. The standard InChI is InChI=1S/C16H22N2O2S2/c1-17(2)5-6-18(9-13-4-7-21-11-13)10-15-8-14(12-22-15)16(19)20-3/h4,7-8,11-12H,5-6,9-10H2,1-3H3. The molecule has 2 rings (SSSR count). The highest BCUT2D eigenvalue weighted by Crippen LogP contribution is 2.19. The molecule has 22 heavy (non-hydrogen) atoms. The zero-order valence-electron chi connectivity index (χ0n) is 13.2. The summed E-state index contributed by atoms with van der Waals surface area (Å²) >= 11 is 3.34. The summed E-state index contributed by atoms with van der Waals surface area (Å²) in [6.07, 6.45) is 0. The fourth-order valence-corrected chi connectivity index (χ4v) is 3.66. The maximum atomic E-state index is 11.5. The van der Waals surface area contributed by atoms with E-state index in [1.807, 2.05) is 11.4 Å². The normalized spacial score (nSPS) is 11.3. The maximum Gasteiger partial charge on any atom is 0.338 e. The smallest absolute Gasteiger partial charge is 0.338 e. The van der Waals surface area contributed by atoms with Gasteiger partial charge in [-0.2, -0.15) is 11.3 Å². The van der Waals surface area contributed by atoms with Gasteiger partial charge in [0.1, 0.15) is 0 Å². The molecule has 0 aromatic carbocycles. The lowest BCUT2D eigenvalue weighted by Crippen LogP contribution is -2.30. The molecule has 2 heterocycles. The summed E-state index contributed by atoms with van der Waals surface area (Å²) in [5.41, 5.74) is 1.99. The number of hydrogen-bond acceptors (Lipinski definition) is 6. The molecule has 0 unspecified atom stereocenters. The highest BCUT2D eigenvalue weighted by molar-refractivity contribution is 7.10. The number of esters is 1. The van der Waals surface area contributed by atoms with E-state index in [-0.39, 0.29) is 5.97 Å². The van der Waals surface area contributed by atoms with Gasteiger partial charge in [0.05, 0.1) is 12.7 Å². The van der Waals surface area contributed by atoms with Crippen LogP contribution in [-0.2, 0) is 17.8 Å². The van der Waals surface area contributed by atoms with Gasteiger partial charge in [0.15, 0.2) is 0 Å². The molecule has 2 aromatic rings. The average molecular weight is 338 g/mol. The molecule has 0 aliphatic carbocycles. The summed E-state index contributed by atoms with van der Waals surface area (Å²) in [7, 11) is 5.59. The van der Waals surface area contributed by atoms with Crippen molar-refractivity contribution in [3.8, 4) is 0 Å². The van der Waals surface area contributed by atoms with Crippen molar-refractivity contribution >= 4 is 28.6 Å². The van der Waals surface area contributed by atoms with Crippen LogP contribution >= 0.6 is 22.7 Å². The number of carbonyl (C=O) groups excluding carboxylic acids is 1. The molecule has 0 amide bonds. The van der Waals surface area contributed by atoms with Crippen LogP contribution in [0.1, 0.15) is 20.8 Å². The Balaban J connectivity index is 2.01. The molecule has 0 saturated carbocycles. The highest BCUT2D eigenvalue weighted by atomic mass is 32.1. The molecule has 0 N–H and O–H groups in total. The van der Waals surface area contributed by atoms with Gasteiger partial charge in [0.2, 0.25) is 0 Å². The van der Waals surface area contributed by atoms with Gasteiger partial charge in [0.25, 0.3) is 0 Å². The predicted octanol–water partition coefficient (Wildman–Crippen LogP) is 3.16. The first-order valence-electron chi connectivity index (χ1n) is 7.12. The average Bonchev–Trinajstić information content (AvgIpc) is 3.15. The van der Waals surface area contributed by atoms with Crippen molar-refractivity contribution in [1.29, 1.82) is 0 Å². The Morgan fingerprint density at radius 1 is 1.23 bits per heavy atom. The third-order valence-corrected chi connectivity index (χ3v) is 4.96. The molecule has 0 aliphatic rings. The molecule has 0 atom stereocenters. The van der Waals surface area contributed by atoms with Crippen molar-refractivity contribution in [3.63, 3.8) is 0 Å². The summed E-state index contributed by atoms with van der Waals surface area (Å²) in [5.74, 6) is -0.264. The number of likely N-dealkylation sites (N-methyl/N-ethyl adjacent to an activating group) is 1. The second-order valence-corrected chi connectivity index (χ2v) is 7.21. The van der Waals surface area contributed by atoms with E-state index in [2.05, 4.69) is 40.7 Å². The van der Waals surface area contributed by atoms with Gasteiger partial charge < -0.3 is 9.64 Å². The van der Waals surface area contributed by atoms with Gasteiger partial charge >= 0.3 is 5.97 Å². The Hall–Kier alpha value is -1.21. The van der Waals surface area contributed by atoms with Crippen molar-refractivity contribution in [2.24, 2.45) is 0 Å². The molecule has 0 fully saturated rings. The van der Waals surface area contributed by atoms with Gasteiger partial charge in [-0.1, -0.05) is 0 Å².